The van der Waals surface area contributed by atoms with Gasteiger partial charge in [0.25, 0.3) is 0 Å². The second kappa shape index (κ2) is 6.92. The average molecular weight is 389 g/mol. The number of ether oxygens (including phenoxy) is 1. The number of esters is 1. The van der Waals surface area contributed by atoms with E-state index in [0.29, 0.717) is 5.69 Å². The van der Waals surface area contributed by atoms with Crippen molar-refractivity contribution in [2.45, 2.75) is 38.8 Å². The van der Waals surface area contributed by atoms with Crippen LogP contribution in [0.15, 0.2) is 54.6 Å². The highest BCUT2D eigenvalue weighted by Gasteiger charge is 2.26. The average Bonchev–Trinajstić information content (AvgIpc) is 2.65. The van der Waals surface area contributed by atoms with Crippen LogP contribution in [0.1, 0.15) is 27.2 Å². The molecule has 0 aliphatic heterocycles. The molecule has 0 aliphatic carbocycles. The molecule has 0 amide bonds. The molecule has 0 saturated carbocycles. The number of nitrogens with one attached hydrogen (secondary N) is 1. The number of anilines is 1. The summed E-state index contributed by atoms with van der Waals surface area (Å²) in [7, 11) is 0. The zero-order valence-corrected chi connectivity index (χ0v) is 16.7. The fraction of sp³-hybridized carbons (Fsp3) is 0.250. The number of carbonyl (C=O) groups excluding carboxylic acids is 1. The Morgan fingerprint density at radius 3 is 2.14 bits per heavy atom. The summed E-state index contributed by atoms with van der Waals surface area (Å²) in [4.78, 5) is 24.0. The summed E-state index contributed by atoms with van der Waals surface area (Å²) in [5.74, 6) is -1.64. The van der Waals surface area contributed by atoms with Crippen LogP contribution in [0.25, 0.3) is 32.3 Å². The Balaban J connectivity index is 1.74. The molecule has 2 N–H and O–H groups in total. The standard InChI is InChI=1S/C24H23NO4/c1-24(2,3)29-20(26)13-19(23(27)28)25-18-12-10-16-8-7-14-5-4-6-15-9-11-17(18)22(16)21(14)15/h4-12,19,25H,13H2,1-3H3,(H,27,28)/t19-/m1/s1. The molecule has 0 aliphatic rings. The molecule has 0 radical (unpaired) electrons. The molecule has 5 nitrogen and oxygen atoms in total. The highest BCUT2D eigenvalue weighted by atomic mass is 16.6. The molecule has 0 spiro atoms. The lowest BCUT2D eigenvalue weighted by molar-refractivity contribution is -0.157. The summed E-state index contributed by atoms with van der Waals surface area (Å²) in [6, 6.07) is 17.1. The molecule has 0 aromatic heterocycles. The Kier molecular flexibility index (Phi) is 4.53. The van der Waals surface area contributed by atoms with E-state index >= 15 is 0 Å². The largest absolute Gasteiger partial charge is 0.480 e. The highest BCUT2D eigenvalue weighted by Crippen LogP contribution is 2.37. The SMILES string of the molecule is CC(C)(C)OC(=O)C[C@@H](Nc1ccc2ccc3cccc4ccc1c2c34)C(=O)O. The van der Waals surface area contributed by atoms with Gasteiger partial charge in [-0.15, -0.1) is 0 Å². The Morgan fingerprint density at radius 2 is 1.52 bits per heavy atom. The second-order valence-electron chi connectivity index (χ2n) is 8.29. The van der Waals surface area contributed by atoms with Crippen LogP contribution < -0.4 is 5.32 Å². The van der Waals surface area contributed by atoms with Crippen molar-refractivity contribution in [2.24, 2.45) is 0 Å². The normalized spacial score (nSPS) is 13.1. The number of benzene rings is 4. The van der Waals surface area contributed by atoms with Crippen molar-refractivity contribution < 1.29 is 19.4 Å². The molecule has 5 heteroatoms. The smallest absolute Gasteiger partial charge is 0.326 e. The topological polar surface area (TPSA) is 75.6 Å². The van der Waals surface area contributed by atoms with Crippen molar-refractivity contribution in [3.63, 3.8) is 0 Å². The third kappa shape index (κ3) is 3.68. The van der Waals surface area contributed by atoms with Crippen LogP contribution in [0.3, 0.4) is 0 Å². The minimum atomic E-state index is -1.10. The third-order valence-electron chi connectivity index (χ3n) is 4.95. The fourth-order valence-electron chi connectivity index (χ4n) is 3.80. The summed E-state index contributed by atoms with van der Waals surface area (Å²) in [5.41, 5.74) is 0.0272. The van der Waals surface area contributed by atoms with Crippen LogP contribution in [0, 0.1) is 0 Å². The first-order chi connectivity index (χ1) is 13.7. The van der Waals surface area contributed by atoms with Gasteiger partial charge < -0.3 is 15.2 Å². The molecule has 0 saturated heterocycles. The number of carbonyl (C=O) groups is 2. The molecule has 1 atom stereocenters. The van der Waals surface area contributed by atoms with Gasteiger partial charge in [0.05, 0.1) is 6.42 Å². The number of carboxylic acids is 1. The van der Waals surface area contributed by atoms with Crippen LogP contribution in [0.2, 0.25) is 0 Å². The predicted octanol–water partition coefficient (Wildman–Crippen LogP) is 5.18. The van der Waals surface area contributed by atoms with E-state index in [1.807, 2.05) is 30.3 Å². The minimum absolute atomic E-state index is 0.255. The Morgan fingerprint density at radius 1 is 0.931 bits per heavy atom. The van der Waals surface area contributed by atoms with Crippen molar-refractivity contribution in [2.75, 3.05) is 5.32 Å². The number of carboxylic acid groups (broad SMARTS) is 1. The van der Waals surface area contributed by atoms with Crippen LogP contribution in [0.5, 0.6) is 0 Å². The first-order valence-corrected chi connectivity index (χ1v) is 9.61. The summed E-state index contributed by atoms with van der Waals surface area (Å²) < 4.78 is 5.29. The van der Waals surface area contributed by atoms with Gasteiger partial charge in [0.1, 0.15) is 11.6 Å². The number of hydrogen-bond acceptors (Lipinski definition) is 4. The molecule has 0 fully saturated rings. The molecule has 29 heavy (non-hydrogen) atoms. The zero-order chi connectivity index (χ0) is 20.8. The van der Waals surface area contributed by atoms with E-state index in [1.165, 1.54) is 0 Å². The van der Waals surface area contributed by atoms with Gasteiger partial charge in [-0.3, -0.25) is 4.79 Å². The van der Waals surface area contributed by atoms with Crippen molar-refractivity contribution in [3.8, 4) is 0 Å². The number of aliphatic carboxylic acids is 1. The van der Waals surface area contributed by atoms with Crippen LogP contribution in [-0.2, 0) is 14.3 Å². The van der Waals surface area contributed by atoms with Gasteiger partial charge in [0.15, 0.2) is 0 Å². The number of hydrogen-bond donors (Lipinski definition) is 2. The second-order valence-corrected chi connectivity index (χ2v) is 8.29. The van der Waals surface area contributed by atoms with Gasteiger partial charge in [-0.05, 0) is 53.8 Å². The van der Waals surface area contributed by atoms with Gasteiger partial charge in [-0.2, -0.15) is 0 Å². The number of rotatable bonds is 5. The summed E-state index contributed by atoms with van der Waals surface area (Å²) in [6.07, 6.45) is -0.255. The van der Waals surface area contributed by atoms with Gasteiger partial charge >= 0.3 is 11.9 Å². The molecular weight excluding hydrogens is 366 g/mol. The predicted molar refractivity (Wildman–Crippen MR) is 116 cm³/mol. The summed E-state index contributed by atoms with van der Waals surface area (Å²) in [6.45, 7) is 5.28. The van der Waals surface area contributed by atoms with Gasteiger partial charge in [0, 0.05) is 11.1 Å². The van der Waals surface area contributed by atoms with Crippen LogP contribution in [-0.4, -0.2) is 28.7 Å². The van der Waals surface area contributed by atoms with Gasteiger partial charge in [-0.1, -0.05) is 48.5 Å². The molecule has 0 heterocycles. The van der Waals surface area contributed by atoms with E-state index in [2.05, 4.69) is 29.6 Å². The van der Waals surface area contributed by atoms with E-state index in [1.54, 1.807) is 20.8 Å². The minimum Gasteiger partial charge on any atom is -0.480 e. The van der Waals surface area contributed by atoms with Crippen molar-refractivity contribution in [3.05, 3.63) is 54.6 Å². The van der Waals surface area contributed by atoms with E-state index < -0.39 is 23.6 Å². The lowest BCUT2D eigenvalue weighted by atomic mass is 9.93. The fourth-order valence-corrected chi connectivity index (χ4v) is 3.80. The van der Waals surface area contributed by atoms with Gasteiger partial charge in [0.2, 0.25) is 0 Å². The van der Waals surface area contributed by atoms with E-state index in [4.69, 9.17) is 4.74 Å². The summed E-state index contributed by atoms with van der Waals surface area (Å²) >= 11 is 0. The lowest BCUT2D eigenvalue weighted by Gasteiger charge is -2.22. The first-order valence-electron chi connectivity index (χ1n) is 9.61. The molecule has 148 valence electrons. The third-order valence-corrected chi connectivity index (χ3v) is 4.95. The van der Waals surface area contributed by atoms with Crippen molar-refractivity contribution in [1.29, 1.82) is 0 Å². The van der Waals surface area contributed by atoms with E-state index in [-0.39, 0.29) is 6.42 Å². The van der Waals surface area contributed by atoms with Gasteiger partial charge in [-0.25, -0.2) is 4.79 Å². The lowest BCUT2D eigenvalue weighted by Crippen LogP contribution is -2.34. The molecular formula is C24H23NO4. The Labute approximate surface area is 168 Å². The molecule has 0 unspecified atom stereocenters. The maximum atomic E-state index is 12.2. The molecule has 4 rings (SSSR count). The van der Waals surface area contributed by atoms with Crippen LogP contribution in [0.4, 0.5) is 5.69 Å². The van der Waals surface area contributed by atoms with Crippen molar-refractivity contribution >= 4 is 49.9 Å². The first kappa shape index (κ1) is 19.0. The highest BCUT2D eigenvalue weighted by molar-refractivity contribution is 6.25. The maximum absolute atomic E-state index is 12.2. The quantitative estimate of drug-likeness (QED) is 0.363. The monoisotopic (exact) mass is 389 g/mol. The Hall–Kier alpha value is -3.34. The van der Waals surface area contributed by atoms with E-state index in [9.17, 15) is 14.7 Å². The molecule has 0 bridgehead atoms. The van der Waals surface area contributed by atoms with Crippen molar-refractivity contribution in [1.82, 2.24) is 0 Å². The Bertz CT molecular complexity index is 1210. The molecule has 4 aromatic rings. The summed E-state index contributed by atoms with van der Waals surface area (Å²) in [5, 5.41) is 19.3. The van der Waals surface area contributed by atoms with E-state index in [0.717, 1.165) is 32.3 Å². The van der Waals surface area contributed by atoms with Crippen LogP contribution >= 0.6 is 0 Å². The maximum Gasteiger partial charge on any atom is 0.326 e. The zero-order valence-electron chi connectivity index (χ0n) is 16.7. The molecule has 4 aromatic carbocycles.